The quantitative estimate of drug-likeness (QED) is 0.801. The maximum absolute atomic E-state index is 12.5. The zero-order valence-electron chi connectivity index (χ0n) is 11.4. The average Bonchev–Trinajstić information content (AvgIpc) is 2.64. The van der Waals surface area contributed by atoms with Crippen LogP contribution >= 0.6 is 11.6 Å². The van der Waals surface area contributed by atoms with Crippen LogP contribution in [0.5, 0.6) is 0 Å². The molecule has 0 radical (unpaired) electrons. The third kappa shape index (κ3) is 3.04. The molecular weight excluding hydrogens is 278 g/mol. The largest absolute Gasteiger partial charge is 0.398 e. The number of rotatable bonds is 1. The first-order valence-corrected chi connectivity index (χ1v) is 6.97. The van der Waals surface area contributed by atoms with Gasteiger partial charge in [-0.05, 0) is 18.6 Å². The number of hydrogen-bond donors (Lipinski definition) is 1. The summed E-state index contributed by atoms with van der Waals surface area (Å²) < 4.78 is 0. The Hall–Kier alpha value is -1.75. The Balaban J connectivity index is 2.16. The highest BCUT2D eigenvalue weighted by atomic mass is 35.5. The van der Waals surface area contributed by atoms with Gasteiger partial charge in [0, 0.05) is 38.8 Å². The monoisotopic (exact) mass is 295 g/mol. The van der Waals surface area contributed by atoms with Crippen LogP contribution in [-0.2, 0) is 4.79 Å². The summed E-state index contributed by atoms with van der Waals surface area (Å²) in [7, 11) is 0. The smallest absolute Gasteiger partial charge is 0.257 e. The van der Waals surface area contributed by atoms with Crippen LogP contribution in [0.3, 0.4) is 0 Å². The van der Waals surface area contributed by atoms with Gasteiger partial charge in [0.2, 0.25) is 5.91 Å². The van der Waals surface area contributed by atoms with Gasteiger partial charge in [0.05, 0.1) is 10.6 Å². The summed E-state index contributed by atoms with van der Waals surface area (Å²) in [5, 5.41) is 0.364. The molecule has 2 rings (SSSR count). The normalized spacial score (nSPS) is 15.9. The number of benzene rings is 1. The molecule has 1 fully saturated rings. The van der Waals surface area contributed by atoms with E-state index in [0.29, 0.717) is 42.5 Å². The van der Waals surface area contributed by atoms with Crippen molar-refractivity contribution in [2.24, 2.45) is 0 Å². The van der Waals surface area contributed by atoms with Crippen molar-refractivity contribution in [3.63, 3.8) is 0 Å². The van der Waals surface area contributed by atoms with Crippen LogP contribution in [0.1, 0.15) is 23.7 Å². The second-order valence-corrected chi connectivity index (χ2v) is 5.26. The Labute approximate surface area is 123 Å². The fraction of sp³-hybridized carbons (Fsp3) is 0.429. The number of nitrogen functional groups attached to an aromatic ring is 1. The number of nitrogens with zero attached hydrogens (tertiary/aromatic N) is 2. The summed E-state index contributed by atoms with van der Waals surface area (Å²) in [6, 6.07) is 5.04. The molecular formula is C14H18ClN3O2. The van der Waals surface area contributed by atoms with Crippen LogP contribution in [0, 0.1) is 0 Å². The fourth-order valence-electron chi connectivity index (χ4n) is 2.36. The maximum atomic E-state index is 12.5. The fourth-order valence-corrected chi connectivity index (χ4v) is 2.62. The molecule has 6 heteroatoms. The standard InChI is InChI=1S/C14H18ClN3O2/c1-10(19)17-6-3-7-18(9-8-17)14(20)13-11(15)4-2-5-12(13)16/h2,4-5H,3,6-9,16H2,1H3. The van der Waals surface area contributed by atoms with E-state index >= 15 is 0 Å². The van der Waals surface area contributed by atoms with E-state index in [0.717, 1.165) is 6.42 Å². The van der Waals surface area contributed by atoms with Gasteiger partial charge in [-0.1, -0.05) is 17.7 Å². The van der Waals surface area contributed by atoms with Gasteiger partial charge >= 0.3 is 0 Å². The highest BCUT2D eigenvalue weighted by molar-refractivity contribution is 6.34. The van der Waals surface area contributed by atoms with E-state index in [1.807, 2.05) is 0 Å². The minimum absolute atomic E-state index is 0.0385. The van der Waals surface area contributed by atoms with Gasteiger partial charge in [-0.3, -0.25) is 9.59 Å². The number of halogens is 1. The first kappa shape index (κ1) is 14.7. The number of carbonyl (C=O) groups excluding carboxylic acids is 2. The van der Waals surface area contributed by atoms with Gasteiger partial charge in [-0.2, -0.15) is 0 Å². The van der Waals surface area contributed by atoms with Gasteiger partial charge in [0.25, 0.3) is 5.91 Å². The SMILES string of the molecule is CC(=O)N1CCCN(C(=O)c2c(N)cccc2Cl)CC1. The molecule has 0 spiro atoms. The second kappa shape index (κ2) is 6.13. The Morgan fingerprint density at radius 1 is 1.15 bits per heavy atom. The molecule has 20 heavy (non-hydrogen) atoms. The van der Waals surface area contributed by atoms with Crippen molar-refractivity contribution in [1.82, 2.24) is 9.80 Å². The van der Waals surface area contributed by atoms with Gasteiger partial charge in [0.15, 0.2) is 0 Å². The van der Waals surface area contributed by atoms with Gasteiger partial charge in [-0.15, -0.1) is 0 Å². The molecule has 1 saturated heterocycles. The van der Waals surface area contributed by atoms with Crippen LogP contribution in [0.4, 0.5) is 5.69 Å². The van der Waals surface area contributed by atoms with Crippen LogP contribution < -0.4 is 5.73 Å². The van der Waals surface area contributed by atoms with E-state index in [1.165, 1.54) is 0 Å². The zero-order valence-corrected chi connectivity index (χ0v) is 12.2. The van der Waals surface area contributed by atoms with E-state index in [-0.39, 0.29) is 11.8 Å². The molecule has 1 heterocycles. The Morgan fingerprint density at radius 2 is 1.80 bits per heavy atom. The highest BCUT2D eigenvalue weighted by Gasteiger charge is 2.24. The van der Waals surface area contributed by atoms with E-state index in [2.05, 4.69) is 0 Å². The topological polar surface area (TPSA) is 66.6 Å². The summed E-state index contributed by atoms with van der Waals surface area (Å²) in [6.07, 6.45) is 0.760. The molecule has 0 unspecified atom stereocenters. The van der Waals surface area contributed by atoms with E-state index in [9.17, 15) is 9.59 Å². The van der Waals surface area contributed by atoms with Crippen molar-refractivity contribution in [3.05, 3.63) is 28.8 Å². The van der Waals surface area contributed by atoms with Crippen molar-refractivity contribution >= 4 is 29.1 Å². The maximum Gasteiger partial charge on any atom is 0.257 e. The van der Waals surface area contributed by atoms with Crippen LogP contribution in [0.2, 0.25) is 5.02 Å². The van der Waals surface area contributed by atoms with Crippen molar-refractivity contribution in [3.8, 4) is 0 Å². The third-order valence-corrected chi connectivity index (χ3v) is 3.80. The molecule has 0 aliphatic carbocycles. The second-order valence-electron chi connectivity index (χ2n) is 4.86. The summed E-state index contributed by atoms with van der Waals surface area (Å²) in [6.45, 7) is 3.88. The van der Waals surface area contributed by atoms with Crippen LogP contribution in [0.15, 0.2) is 18.2 Å². The van der Waals surface area contributed by atoms with Gasteiger partial charge in [0.1, 0.15) is 0 Å². The third-order valence-electron chi connectivity index (χ3n) is 3.49. The van der Waals surface area contributed by atoms with Crippen molar-refractivity contribution in [2.45, 2.75) is 13.3 Å². The number of nitrogens with two attached hydrogens (primary N) is 1. The van der Waals surface area contributed by atoms with E-state index in [4.69, 9.17) is 17.3 Å². The Morgan fingerprint density at radius 3 is 2.45 bits per heavy atom. The number of anilines is 1. The zero-order chi connectivity index (χ0) is 14.7. The van der Waals surface area contributed by atoms with Gasteiger partial charge < -0.3 is 15.5 Å². The molecule has 1 aromatic rings. The van der Waals surface area contributed by atoms with E-state index < -0.39 is 0 Å². The summed E-state index contributed by atoms with van der Waals surface area (Å²) in [4.78, 5) is 27.4. The lowest BCUT2D eigenvalue weighted by Crippen LogP contribution is -2.36. The summed E-state index contributed by atoms with van der Waals surface area (Å²) in [5.41, 5.74) is 6.58. The number of hydrogen-bond acceptors (Lipinski definition) is 3. The Kier molecular flexibility index (Phi) is 4.49. The minimum atomic E-state index is -0.168. The molecule has 1 aliphatic rings. The lowest BCUT2D eigenvalue weighted by Gasteiger charge is -2.22. The lowest BCUT2D eigenvalue weighted by atomic mass is 10.1. The number of amides is 2. The molecule has 0 bridgehead atoms. The molecule has 1 aromatic carbocycles. The molecule has 2 N–H and O–H groups in total. The van der Waals surface area contributed by atoms with Gasteiger partial charge in [-0.25, -0.2) is 0 Å². The summed E-state index contributed by atoms with van der Waals surface area (Å²) >= 11 is 6.07. The highest BCUT2D eigenvalue weighted by Crippen LogP contribution is 2.24. The predicted molar refractivity (Wildman–Crippen MR) is 78.6 cm³/mol. The van der Waals surface area contributed by atoms with Crippen LogP contribution in [-0.4, -0.2) is 47.8 Å². The van der Waals surface area contributed by atoms with Crippen molar-refractivity contribution < 1.29 is 9.59 Å². The molecule has 2 amide bonds. The predicted octanol–water partition coefficient (Wildman–Crippen LogP) is 1.62. The average molecular weight is 296 g/mol. The Bertz CT molecular complexity index is 513. The van der Waals surface area contributed by atoms with Crippen molar-refractivity contribution in [1.29, 1.82) is 0 Å². The molecule has 5 nitrogen and oxygen atoms in total. The lowest BCUT2D eigenvalue weighted by molar-refractivity contribution is -0.128. The molecule has 1 aliphatic heterocycles. The molecule has 0 saturated carbocycles. The van der Waals surface area contributed by atoms with Crippen molar-refractivity contribution in [2.75, 3.05) is 31.9 Å². The molecule has 0 aromatic heterocycles. The molecule has 108 valence electrons. The van der Waals surface area contributed by atoms with E-state index in [1.54, 1.807) is 34.9 Å². The summed E-state index contributed by atoms with van der Waals surface area (Å²) in [5.74, 6) is -0.130. The number of carbonyl (C=O) groups is 2. The first-order valence-electron chi connectivity index (χ1n) is 6.59. The molecule has 0 atom stereocenters. The first-order chi connectivity index (χ1) is 9.50. The minimum Gasteiger partial charge on any atom is -0.398 e. The van der Waals surface area contributed by atoms with Crippen LogP contribution in [0.25, 0.3) is 0 Å².